The zero-order valence-electron chi connectivity index (χ0n) is 17.7. The van der Waals surface area contributed by atoms with E-state index in [2.05, 4.69) is 102 Å². The summed E-state index contributed by atoms with van der Waals surface area (Å²) in [5, 5.41) is 7.10. The third-order valence-corrected chi connectivity index (χ3v) is 5.44. The van der Waals surface area contributed by atoms with Gasteiger partial charge in [0.2, 0.25) is 0 Å². The molecule has 2 N–H and O–H groups in total. The van der Waals surface area contributed by atoms with Crippen molar-refractivity contribution in [2.24, 2.45) is 0 Å². The van der Waals surface area contributed by atoms with Crippen molar-refractivity contribution in [3.8, 4) is 22.3 Å². The Bertz CT molecular complexity index is 1280. The first-order valence-corrected chi connectivity index (χ1v) is 10.8. The Balaban J connectivity index is 1.52. The molecule has 32 heavy (non-hydrogen) atoms. The van der Waals surface area contributed by atoms with Gasteiger partial charge in [0.1, 0.15) is 0 Å². The zero-order chi connectivity index (χ0) is 21.6. The highest BCUT2D eigenvalue weighted by Gasteiger charge is 2.09. The van der Waals surface area contributed by atoms with Crippen LogP contribution in [0.5, 0.6) is 0 Å². The Labute approximate surface area is 189 Å². The molecule has 154 valence electrons. The van der Waals surface area contributed by atoms with Crippen LogP contribution in [0.1, 0.15) is 0 Å². The van der Waals surface area contributed by atoms with Crippen molar-refractivity contribution in [3.05, 3.63) is 133 Å². The maximum Gasteiger partial charge on any atom is 0.0465 e. The van der Waals surface area contributed by atoms with Gasteiger partial charge < -0.3 is 10.6 Å². The molecule has 0 aliphatic rings. The van der Waals surface area contributed by atoms with Crippen molar-refractivity contribution in [2.45, 2.75) is 0 Å². The highest BCUT2D eigenvalue weighted by molar-refractivity contribution is 5.85. The Kier molecular flexibility index (Phi) is 5.67. The lowest BCUT2D eigenvalue weighted by atomic mass is 9.98. The summed E-state index contributed by atoms with van der Waals surface area (Å²) in [5.41, 5.74) is 9.01. The summed E-state index contributed by atoms with van der Waals surface area (Å²) in [7, 11) is 0. The Hall–Kier alpha value is -4.30. The molecule has 0 amide bonds. The minimum atomic E-state index is 1.05. The Morgan fingerprint density at radius 3 is 1.47 bits per heavy atom. The van der Waals surface area contributed by atoms with Gasteiger partial charge in [-0.25, -0.2) is 0 Å². The maximum absolute atomic E-state index is 3.58. The summed E-state index contributed by atoms with van der Waals surface area (Å²) in [6.07, 6.45) is 0. The monoisotopic (exact) mass is 412 g/mol. The van der Waals surface area contributed by atoms with Gasteiger partial charge in [0.05, 0.1) is 0 Å². The van der Waals surface area contributed by atoms with Gasteiger partial charge in [-0.3, -0.25) is 0 Å². The van der Waals surface area contributed by atoms with Crippen LogP contribution in [0, 0.1) is 0 Å². The van der Waals surface area contributed by atoms with Crippen molar-refractivity contribution >= 4 is 22.7 Å². The summed E-state index contributed by atoms with van der Waals surface area (Å²) >= 11 is 0. The van der Waals surface area contributed by atoms with E-state index in [-0.39, 0.29) is 0 Å². The fraction of sp³-hybridized carbons (Fsp3) is 0. The van der Waals surface area contributed by atoms with Crippen LogP contribution in [-0.2, 0) is 0 Å². The van der Waals surface area contributed by atoms with Crippen LogP contribution in [0.4, 0.5) is 22.7 Å². The van der Waals surface area contributed by atoms with E-state index in [4.69, 9.17) is 0 Å². The predicted octanol–water partition coefficient (Wildman–Crippen LogP) is 8.51. The summed E-state index contributed by atoms with van der Waals surface area (Å²) in [6.45, 7) is 0. The second-order valence-electron chi connectivity index (χ2n) is 7.69. The number of para-hydroxylation sites is 2. The van der Waals surface area contributed by atoms with Crippen molar-refractivity contribution in [3.63, 3.8) is 0 Å². The van der Waals surface area contributed by atoms with Crippen LogP contribution in [-0.4, -0.2) is 0 Å². The minimum Gasteiger partial charge on any atom is -0.356 e. The number of anilines is 4. The predicted molar refractivity (Wildman–Crippen MR) is 137 cm³/mol. The maximum atomic E-state index is 3.58. The molecule has 0 radical (unpaired) electrons. The number of hydrogen-bond donors (Lipinski definition) is 2. The first kappa shape index (κ1) is 19.7. The average molecular weight is 413 g/mol. The molecular formula is C30H24N2. The van der Waals surface area contributed by atoms with Crippen LogP contribution in [0.25, 0.3) is 22.3 Å². The van der Waals surface area contributed by atoms with Gasteiger partial charge in [0.15, 0.2) is 0 Å². The summed E-state index contributed by atoms with van der Waals surface area (Å²) < 4.78 is 0. The van der Waals surface area contributed by atoms with E-state index >= 15 is 0 Å². The standard InChI is InChI=1S/C30H24N2/c1-4-10-23(11-5-1)24-16-18-25(19-17-24)29-22-28(31-26-12-6-2-7-13-26)20-21-30(29)32-27-14-8-3-9-15-27/h1-22,31-32H. The molecule has 0 unspecified atom stereocenters. The fourth-order valence-electron chi connectivity index (χ4n) is 3.81. The van der Waals surface area contributed by atoms with Gasteiger partial charge in [-0.05, 0) is 59.2 Å². The zero-order valence-corrected chi connectivity index (χ0v) is 17.7. The molecule has 0 aromatic heterocycles. The van der Waals surface area contributed by atoms with E-state index in [0.717, 1.165) is 28.3 Å². The summed E-state index contributed by atoms with van der Waals surface area (Å²) in [6, 6.07) is 46.2. The molecular weight excluding hydrogens is 388 g/mol. The van der Waals surface area contributed by atoms with Gasteiger partial charge >= 0.3 is 0 Å². The van der Waals surface area contributed by atoms with Crippen LogP contribution < -0.4 is 10.6 Å². The highest BCUT2D eigenvalue weighted by Crippen LogP contribution is 2.35. The van der Waals surface area contributed by atoms with Crippen molar-refractivity contribution < 1.29 is 0 Å². The second kappa shape index (κ2) is 9.23. The largest absolute Gasteiger partial charge is 0.356 e. The molecule has 0 saturated heterocycles. The lowest BCUT2D eigenvalue weighted by molar-refractivity contribution is 1.50. The SMILES string of the molecule is c1ccc(Nc2ccc(Nc3ccccc3)c(-c3ccc(-c4ccccc4)cc3)c2)cc1. The second-order valence-corrected chi connectivity index (χ2v) is 7.69. The van der Waals surface area contributed by atoms with Gasteiger partial charge in [-0.1, -0.05) is 91.0 Å². The van der Waals surface area contributed by atoms with Crippen molar-refractivity contribution in [1.29, 1.82) is 0 Å². The Morgan fingerprint density at radius 2 is 0.844 bits per heavy atom. The Morgan fingerprint density at radius 1 is 0.344 bits per heavy atom. The lowest BCUT2D eigenvalue weighted by Crippen LogP contribution is -1.96. The van der Waals surface area contributed by atoms with Gasteiger partial charge in [-0.2, -0.15) is 0 Å². The van der Waals surface area contributed by atoms with Gasteiger partial charge in [0, 0.05) is 28.3 Å². The molecule has 0 saturated carbocycles. The van der Waals surface area contributed by atoms with Crippen molar-refractivity contribution in [2.75, 3.05) is 10.6 Å². The van der Waals surface area contributed by atoms with E-state index < -0.39 is 0 Å². The molecule has 0 aliphatic carbocycles. The van der Waals surface area contributed by atoms with E-state index in [0.29, 0.717) is 0 Å². The molecule has 0 aliphatic heterocycles. The molecule has 2 heteroatoms. The van der Waals surface area contributed by atoms with Crippen molar-refractivity contribution in [1.82, 2.24) is 0 Å². The smallest absolute Gasteiger partial charge is 0.0465 e. The molecule has 2 nitrogen and oxygen atoms in total. The van der Waals surface area contributed by atoms with Crippen LogP contribution >= 0.6 is 0 Å². The minimum absolute atomic E-state index is 1.05. The van der Waals surface area contributed by atoms with Crippen LogP contribution in [0.3, 0.4) is 0 Å². The van der Waals surface area contributed by atoms with Gasteiger partial charge in [-0.15, -0.1) is 0 Å². The lowest BCUT2D eigenvalue weighted by Gasteiger charge is -2.16. The topological polar surface area (TPSA) is 24.1 Å². The number of benzene rings is 5. The molecule has 0 atom stereocenters. The fourth-order valence-corrected chi connectivity index (χ4v) is 3.81. The number of nitrogens with one attached hydrogen (secondary N) is 2. The van der Waals surface area contributed by atoms with Gasteiger partial charge in [0.25, 0.3) is 0 Å². The highest BCUT2D eigenvalue weighted by atomic mass is 14.9. The normalized spacial score (nSPS) is 10.5. The quantitative estimate of drug-likeness (QED) is 0.292. The molecule has 0 fully saturated rings. The number of rotatable bonds is 6. The molecule has 0 spiro atoms. The summed E-state index contributed by atoms with van der Waals surface area (Å²) in [4.78, 5) is 0. The molecule has 5 rings (SSSR count). The van der Waals surface area contributed by atoms with E-state index in [1.807, 2.05) is 42.5 Å². The molecule has 0 heterocycles. The van der Waals surface area contributed by atoms with Crippen LogP contribution in [0.15, 0.2) is 133 Å². The molecule has 5 aromatic carbocycles. The molecule has 0 bridgehead atoms. The molecule has 5 aromatic rings. The summed E-state index contributed by atoms with van der Waals surface area (Å²) in [5.74, 6) is 0. The van der Waals surface area contributed by atoms with Crippen LogP contribution in [0.2, 0.25) is 0 Å². The average Bonchev–Trinajstić information content (AvgIpc) is 2.87. The van der Waals surface area contributed by atoms with E-state index in [1.54, 1.807) is 0 Å². The number of hydrogen-bond acceptors (Lipinski definition) is 2. The van der Waals surface area contributed by atoms with E-state index in [1.165, 1.54) is 16.7 Å². The third-order valence-electron chi connectivity index (χ3n) is 5.44. The third kappa shape index (κ3) is 4.55. The first-order chi connectivity index (χ1) is 15.8. The van der Waals surface area contributed by atoms with E-state index in [9.17, 15) is 0 Å². The first-order valence-electron chi connectivity index (χ1n) is 10.8.